The number of hydrogen-bond donors (Lipinski definition) is 2. The first-order chi connectivity index (χ1) is 18.0. The van der Waals surface area contributed by atoms with Crippen molar-refractivity contribution < 1.29 is 23.0 Å². The Balaban J connectivity index is 1.38. The van der Waals surface area contributed by atoms with Crippen molar-refractivity contribution in [1.82, 2.24) is 19.9 Å². The van der Waals surface area contributed by atoms with Gasteiger partial charge in [0.1, 0.15) is 12.1 Å². The van der Waals surface area contributed by atoms with Gasteiger partial charge in [-0.3, -0.25) is 0 Å². The third-order valence-corrected chi connectivity index (χ3v) is 7.19. The second kappa shape index (κ2) is 9.99. The Hall–Kier alpha value is -3.50. The van der Waals surface area contributed by atoms with E-state index in [2.05, 4.69) is 24.8 Å². The van der Waals surface area contributed by atoms with E-state index in [0.29, 0.717) is 43.1 Å². The molecule has 1 aliphatic rings. The fourth-order valence-electron chi connectivity index (χ4n) is 5.11. The van der Waals surface area contributed by atoms with E-state index in [1.54, 1.807) is 50.6 Å². The molecular formula is C28H30F3N5O2. The molecule has 0 bridgehead atoms. The molecule has 3 aromatic heterocycles. The summed E-state index contributed by atoms with van der Waals surface area (Å²) in [6.07, 6.45) is 0.473. The summed E-state index contributed by atoms with van der Waals surface area (Å²) >= 11 is 0. The highest BCUT2D eigenvalue weighted by Gasteiger charge is 2.56. The van der Waals surface area contributed by atoms with Crippen LogP contribution >= 0.6 is 0 Å². The van der Waals surface area contributed by atoms with Crippen LogP contribution in [0.1, 0.15) is 31.5 Å². The second-order valence-corrected chi connectivity index (χ2v) is 10.5. The summed E-state index contributed by atoms with van der Waals surface area (Å²) < 4.78 is 48.5. The van der Waals surface area contributed by atoms with Gasteiger partial charge in [-0.15, -0.1) is 0 Å². The van der Waals surface area contributed by atoms with Gasteiger partial charge in [0.15, 0.2) is 5.60 Å². The Bertz CT molecular complexity index is 1380. The van der Waals surface area contributed by atoms with Crippen LogP contribution in [0.25, 0.3) is 22.0 Å². The minimum Gasteiger partial charge on any atom is -0.380 e. The summed E-state index contributed by atoms with van der Waals surface area (Å²) in [4.78, 5) is 17.6. The number of H-pyrrole nitrogens is 1. The summed E-state index contributed by atoms with van der Waals surface area (Å²) in [6, 6.07) is 10.8. The number of morpholine rings is 1. The maximum absolute atomic E-state index is 14.4. The standard InChI is InChI=1S/C28H30F3N5O2/c1-26(2,22-5-3-19(4-6-22)21-14-32-18-33-15-21)17-27(37,28(29,30)31)13-23-11-20-12-25(34-16-24(20)35-23)36-7-9-38-10-8-36/h3-6,11-12,14-16,18,35,37H,7-10,13,17H2,1-2H3. The van der Waals surface area contributed by atoms with Crippen LogP contribution < -0.4 is 4.90 Å². The number of halogens is 3. The van der Waals surface area contributed by atoms with Crippen molar-refractivity contribution in [2.45, 2.75) is 43.9 Å². The fourth-order valence-corrected chi connectivity index (χ4v) is 5.11. The zero-order valence-electron chi connectivity index (χ0n) is 21.3. The average molecular weight is 526 g/mol. The van der Waals surface area contributed by atoms with Crippen molar-refractivity contribution in [2.75, 3.05) is 31.2 Å². The molecule has 0 amide bonds. The molecule has 1 unspecified atom stereocenters. The van der Waals surface area contributed by atoms with E-state index in [1.165, 1.54) is 6.33 Å². The Labute approximate surface area is 218 Å². The van der Waals surface area contributed by atoms with Crippen LogP contribution in [0.5, 0.6) is 0 Å². The van der Waals surface area contributed by atoms with E-state index in [4.69, 9.17) is 4.74 Å². The number of nitrogens with one attached hydrogen (secondary N) is 1. The highest BCUT2D eigenvalue weighted by atomic mass is 19.4. The third kappa shape index (κ3) is 5.37. The summed E-state index contributed by atoms with van der Waals surface area (Å²) in [6.45, 7) is 6.06. The minimum atomic E-state index is -4.83. The summed E-state index contributed by atoms with van der Waals surface area (Å²) in [5.74, 6) is 0.754. The van der Waals surface area contributed by atoms with Crippen molar-refractivity contribution in [3.8, 4) is 11.1 Å². The molecule has 0 spiro atoms. The van der Waals surface area contributed by atoms with E-state index in [9.17, 15) is 18.3 Å². The molecule has 4 aromatic rings. The van der Waals surface area contributed by atoms with E-state index in [1.807, 2.05) is 18.2 Å². The number of aromatic nitrogens is 4. The number of aliphatic hydroxyl groups is 1. The lowest BCUT2D eigenvalue weighted by molar-refractivity contribution is -0.266. The summed E-state index contributed by atoms with van der Waals surface area (Å²) in [7, 11) is 0. The molecule has 1 aromatic carbocycles. The van der Waals surface area contributed by atoms with Crippen LogP contribution in [-0.2, 0) is 16.6 Å². The normalized spacial score (nSPS) is 16.5. The maximum atomic E-state index is 14.4. The van der Waals surface area contributed by atoms with E-state index >= 15 is 0 Å². The van der Waals surface area contributed by atoms with Gasteiger partial charge >= 0.3 is 6.18 Å². The Morgan fingerprint density at radius 3 is 2.32 bits per heavy atom. The zero-order valence-corrected chi connectivity index (χ0v) is 21.3. The van der Waals surface area contributed by atoms with E-state index in [0.717, 1.165) is 22.3 Å². The molecular weight excluding hydrogens is 495 g/mol. The number of pyridine rings is 1. The first-order valence-electron chi connectivity index (χ1n) is 12.5. The summed E-state index contributed by atoms with van der Waals surface area (Å²) in [5, 5.41) is 11.9. The molecule has 4 heterocycles. The van der Waals surface area contributed by atoms with Gasteiger partial charge in [-0.1, -0.05) is 38.1 Å². The number of fused-ring (bicyclic) bond motifs is 1. The molecule has 1 aliphatic heterocycles. The molecule has 1 fully saturated rings. The van der Waals surface area contributed by atoms with Gasteiger partial charge in [0.2, 0.25) is 0 Å². The van der Waals surface area contributed by atoms with Crippen molar-refractivity contribution >= 4 is 16.7 Å². The average Bonchev–Trinajstić information content (AvgIpc) is 3.30. The van der Waals surface area contributed by atoms with Crippen molar-refractivity contribution in [2.24, 2.45) is 0 Å². The molecule has 5 rings (SSSR count). The first-order valence-corrected chi connectivity index (χ1v) is 12.5. The van der Waals surface area contributed by atoms with E-state index < -0.39 is 30.0 Å². The molecule has 38 heavy (non-hydrogen) atoms. The first kappa shape index (κ1) is 26.1. The third-order valence-electron chi connectivity index (χ3n) is 7.19. The monoisotopic (exact) mass is 525 g/mol. The van der Waals surface area contributed by atoms with Gasteiger partial charge in [-0.05, 0) is 35.1 Å². The highest BCUT2D eigenvalue weighted by Crippen LogP contribution is 2.43. The molecule has 2 N–H and O–H groups in total. The Kier molecular flexibility index (Phi) is 6.87. The predicted octanol–water partition coefficient (Wildman–Crippen LogP) is 5.06. The Morgan fingerprint density at radius 1 is 0.974 bits per heavy atom. The molecule has 10 heteroatoms. The van der Waals surface area contributed by atoms with Gasteiger partial charge < -0.3 is 19.7 Å². The molecule has 0 radical (unpaired) electrons. The molecule has 0 aliphatic carbocycles. The molecule has 7 nitrogen and oxygen atoms in total. The SMILES string of the molecule is CC(C)(CC(O)(Cc1cc2cc(N3CCOCC3)ncc2[nH]1)C(F)(F)F)c1ccc(-c2cncnc2)cc1. The van der Waals surface area contributed by atoms with Crippen molar-refractivity contribution in [3.05, 3.63) is 72.6 Å². The van der Waals surface area contributed by atoms with Crippen molar-refractivity contribution in [1.29, 1.82) is 0 Å². The number of aromatic amines is 1. The Morgan fingerprint density at radius 2 is 1.66 bits per heavy atom. The van der Waals surface area contributed by atoms with Crippen molar-refractivity contribution in [3.63, 3.8) is 0 Å². The number of rotatable bonds is 7. The molecule has 1 atom stereocenters. The number of ether oxygens (including phenoxy) is 1. The quantitative estimate of drug-likeness (QED) is 0.351. The van der Waals surface area contributed by atoms with Gasteiger partial charge in [-0.25, -0.2) is 15.0 Å². The topological polar surface area (TPSA) is 87.2 Å². The minimum absolute atomic E-state index is 0.302. The van der Waals surface area contributed by atoms with Gasteiger partial charge in [0.05, 0.1) is 24.9 Å². The smallest absolute Gasteiger partial charge is 0.380 e. The van der Waals surface area contributed by atoms with Gasteiger partial charge in [0, 0.05) is 48.5 Å². The lowest BCUT2D eigenvalue weighted by Crippen LogP contribution is -2.50. The number of benzene rings is 1. The number of hydrogen-bond acceptors (Lipinski definition) is 6. The number of alkyl halides is 3. The van der Waals surface area contributed by atoms with Crippen LogP contribution in [0, 0.1) is 0 Å². The summed E-state index contributed by atoms with van der Waals surface area (Å²) in [5.41, 5.74) is -0.612. The van der Waals surface area contributed by atoms with Crippen LogP contribution in [0.3, 0.4) is 0 Å². The van der Waals surface area contributed by atoms with Gasteiger partial charge in [0.25, 0.3) is 0 Å². The zero-order chi connectivity index (χ0) is 27.0. The molecule has 1 saturated heterocycles. The molecule has 200 valence electrons. The van der Waals surface area contributed by atoms with Crippen LogP contribution in [0.15, 0.2) is 61.3 Å². The highest BCUT2D eigenvalue weighted by molar-refractivity contribution is 5.82. The van der Waals surface area contributed by atoms with Crippen LogP contribution in [-0.4, -0.2) is 63.1 Å². The predicted molar refractivity (Wildman–Crippen MR) is 139 cm³/mol. The lowest BCUT2D eigenvalue weighted by atomic mass is 9.73. The number of nitrogens with zero attached hydrogens (tertiary/aromatic N) is 4. The van der Waals surface area contributed by atoms with Crippen LogP contribution in [0.4, 0.5) is 19.0 Å². The molecule has 0 saturated carbocycles. The van der Waals surface area contributed by atoms with Crippen LogP contribution in [0.2, 0.25) is 0 Å². The van der Waals surface area contributed by atoms with Gasteiger partial charge in [-0.2, -0.15) is 13.2 Å². The maximum Gasteiger partial charge on any atom is 0.417 e. The number of anilines is 1. The fraction of sp³-hybridized carbons (Fsp3) is 0.393. The largest absolute Gasteiger partial charge is 0.417 e. The second-order valence-electron chi connectivity index (χ2n) is 10.5. The lowest BCUT2D eigenvalue weighted by Gasteiger charge is -2.38. The van der Waals surface area contributed by atoms with E-state index in [-0.39, 0.29) is 0 Å².